The number of benzene rings is 1. The molecule has 0 spiro atoms. The van der Waals surface area contributed by atoms with Gasteiger partial charge in [0.15, 0.2) is 0 Å². The zero-order valence-corrected chi connectivity index (χ0v) is 13.3. The summed E-state index contributed by atoms with van der Waals surface area (Å²) in [6.07, 6.45) is 2.04. The molecule has 0 atom stereocenters. The third-order valence-electron chi connectivity index (χ3n) is 3.11. The van der Waals surface area contributed by atoms with Gasteiger partial charge in [0.1, 0.15) is 0 Å². The average molecular weight is 381 g/mol. The minimum Gasteiger partial charge on any atom is -0.349 e. The van der Waals surface area contributed by atoms with E-state index in [1.807, 2.05) is 25.1 Å². The molecular formula is C13H18ClIN2O. The van der Waals surface area contributed by atoms with Crippen LogP contribution >= 0.6 is 35.0 Å². The molecule has 5 heteroatoms. The molecule has 1 heterocycles. The fourth-order valence-corrected chi connectivity index (χ4v) is 2.66. The fraction of sp³-hybridized carbons (Fsp3) is 0.462. The number of carbonyl (C=O) groups excluding carboxylic acids is 1. The molecule has 1 fully saturated rings. The van der Waals surface area contributed by atoms with Crippen molar-refractivity contribution in [2.75, 3.05) is 13.1 Å². The first-order valence-electron chi connectivity index (χ1n) is 5.95. The molecular weight excluding hydrogens is 363 g/mol. The van der Waals surface area contributed by atoms with Crippen molar-refractivity contribution in [2.24, 2.45) is 0 Å². The monoisotopic (exact) mass is 380 g/mol. The molecule has 1 aromatic rings. The van der Waals surface area contributed by atoms with Gasteiger partial charge in [0, 0.05) is 9.61 Å². The van der Waals surface area contributed by atoms with Crippen LogP contribution < -0.4 is 10.6 Å². The number of amides is 1. The predicted octanol–water partition coefficient (Wildman–Crippen LogP) is 2.50. The van der Waals surface area contributed by atoms with E-state index in [2.05, 4.69) is 33.2 Å². The van der Waals surface area contributed by atoms with Crippen molar-refractivity contribution in [1.82, 2.24) is 10.6 Å². The van der Waals surface area contributed by atoms with Crippen LogP contribution in [0.1, 0.15) is 28.8 Å². The lowest BCUT2D eigenvalue weighted by Crippen LogP contribution is -2.42. The van der Waals surface area contributed by atoms with Gasteiger partial charge >= 0.3 is 0 Å². The third kappa shape index (κ3) is 3.83. The maximum absolute atomic E-state index is 12.1. The van der Waals surface area contributed by atoms with Gasteiger partial charge in [-0.3, -0.25) is 4.79 Å². The van der Waals surface area contributed by atoms with Gasteiger partial charge in [-0.1, -0.05) is 12.1 Å². The lowest BCUT2D eigenvalue weighted by Gasteiger charge is -2.24. The van der Waals surface area contributed by atoms with E-state index in [0.29, 0.717) is 6.04 Å². The molecule has 1 saturated heterocycles. The molecule has 1 aliphatic heterocycles. The van der Waals surface area contributed by atoms with E-state index in [1.165, 1.54) is 0 Å². The predicted molar refractivity (Wildman–Crippen MR) is 84.5 cm³/mol. The van der Waals surface area contributed by atoms with E-state index in [1.54, 1.807) is 0 Å². The number of carbonyl (C=O) groups is 1. The molecule has 0 aliphatic carbocycles. The molecule has 0 unspecified atom stereocenters. The van der Waals surface area contributed by atoms with Crippen LogP contribution in [-0.2, 0) is 0 Å². The third-order valence-corrected chi connectivity index (χ3v) is 4.54. The van der Waals surface area contributed by atoms with Crippen LogP contribution in [0.2, 0.25) is 0 Å². The van der Waals surface area contributed by atoms with Crippen molar-refractivity contribution in [3.05, 3.63) is 32.9 Å². The molecule has 18 heavy (non-hydrogen) atoms. The van der Waals surface area contributed by atoms with Crippen molar-refractivity contribution in [2.45, 2.75) is 25.8 Å². The summed E-state index contributed by atoms with van der Waals surface area (Å²) in [5.74, 6) is 0.0602. The molecule has 2 N–H and O–H groups in total. The number of hydrogen-bond donors (Lipinski definition) is 2. The summed E-state index contributed by atoms with van der Waals surface area (Å²) in [5.41, 5.74) is 1.95. The number of piperidine rings is 1. The summed E-state index contributed by atoms with van der Waals surface area (Å²) in [7, 11) is 0. The molecule has 100 valence electrons. The molecule has 0 radical (unpaired) electrons. The van der Waals surface area contributed by atoms with Crippen LogP contribution in [0.25, 0.3) is 0 Å². The second-order valence-electron chi connectivity index (χ2n) is 4.43. The fourth-order valence-electron chi connectivity index (χ4n) is 2.05. The normalized spacial score (nSPS) is 15.9. The van der Waals surface area contributed by atoms with E-state index in [9.17, 15) is 4.79 Å². The summed E-state index contributed by atoms with van der Waals surface area (Å²) < 4.78 is 1.05. The van der Waals surface area contributed by atoms with Gasteiger partial charge in [0.25, 0.3) is 5.91 Å². The maximum atomic E-state index is 12.1. The smallest absolute Gasteiger partial charge is 0.252 e. The van der Waals surface area contributed by atoms with Crippen LogP contribution in [0.15, 0.2) is 18.2 Å². The Labute approximate surface area is 128 Å². The van der Waals surface area contributed by atoms with Crippen molar-refractivity contribution in [3.63, 3.8) is 0 Å². The van der Waals surface area contributed by atoms with Gasteiger partial charge in [-0.25, -0.2) is 0 Å². The van der Waals surface area contributed by atoms with Crippen LogP contribution in [-0.4, -0.2) is 25.0 Å². The highest BCUT2D eigenvalue weighted by Crippen LogP contribution is 2.17. The average Bonchev–Trinajstić information content (AvgIpc) is 2.34. The zero-order valence-electron chi connectivity index (χ0n) is 10.3. The SMILES string of the molecule is Cc1cccc(C(=O)NC2CCNCC2)c1I.Cl. The zero-order chi connectivity index (χ0) is 12.3. The van der Waals surface area contributed by atoms with E-state index >= 15 is 0 Å². The van der Waals surface area contributed by atoms with Crippen LogP contribution in [0.4, 0.5) is 0 Å². The number of rotatable bonds is 2. The Balaban J connectivity index is 0.00000162. The van der Waals surface area contributed by atoms with E-state index in [-0.39, 0.29) is 18.3 Å². The summed E-state index contributed by atoms with van der Waals surface area (Å²) in [4.78, 5) is 12.1. The van der Waals surface area contributed by atoms with Gasteiger partial charge in [-0.2, -0.15) is 0 Å². The number of aryl methyl sites for hydroxylation is 1. The highest BCUT2D eigenvalue weighted by molar-refractivity contribution is 14.1. The van der Waals surface area contributed by atoms with E-state index < -0.39 is 0 Å². The van der Waals surface area contributed by atoms with Crippen LogP contribution in [0.3, 0.4) is 0 Å². The van der Waals surface area contributed by atoms with Crippen molar-refractivity contribution in [1.29, 1.82) is 0 Å². The van der Waals surface area contributed by atoms with Crippen molar-refractivity contribution in [3.8, 4) is 0 Å². The second kappa shape index (κ2) is 7.31. The van der Waals surface area contributed by atoms with Crippen molar-refractivity contribution >= 4 is 40.9 Å². The summed E-state index contributed by atoms with van der Waals surface area (Å²) in [6.45, 7) is 4.02. The summed E-state index contributed by atoms with van der Waals surface area (Å²) in [5, 5.41) is 6.41. The van der Waals surface area contributed by atoms with Gasteiger partial charge in [-0.05, 0) is 67.1 Å². The molecule has 1 aromatic carbocycles. The van der Waals surface area contributed by atoms with E-state index in [0.717, 1.165) is 40.6 Å². The van der Waals surface area contributed by atoms with Crippen LogP contribution in [0, 0.1) is 10.5 Å². The number of hydrogen-bond acceptors (Lipinski definition) is 2. The minimum absolute atomic E-state index is 0. The quantitative estimate of drug-likeness (QED) is 0.774. The molecule has 3 nitrogen and oxygen atoms in total. The molecule has 0 aromatic heterocycles. The highest BCUT2D eigenvalue weighted by Gasteiger charge is 2.18. The molecule has 0 saturated carbocycles. The summed E-state index contributed by atoms with van der Waals surface area (Å²) >= 11 is 2.24. The van der Waals surface area contributed by atoms with Crippen molar-refractivity contribution < 1.29 is 4.79 Å². The highest BCUT2D eigenvalue weighted by atomic mass is 127. The Hall–Kier alpha value is -0.330. The molecule has 1 amide bonds. The van der Waals surface area contributed by atoms with Gasteiger partial charge < -0.3 is 10.6 Å². The lowest BCUT2D eigenvalue weighted by atomic mass is 10.1. The summed E-state index contributed by atoms with van der Waals surface area (Å²) in [6, 6.07) is 6.18. The number of halogens is 2. The molecule has 2 rings (SSSR count). The van der Waals surface area contributed by atoms with Gasteiger partial charge in [0.2, 0.25) is 0 Å². The first-order valence-corrected chi connectivity index (χ1v) is 7.03. The first kappa shape index (κ1) is 15.7. The van der Waals surface area contributed by atoms with Crippen LogP contribution in [0.5, 0.6) is 0 Å². The Bertz CT molecular complexity index is 419. The Morgan fingerprint density at radius 3 is 2.72 bits per heavy atom. The molecule has 1 aliphatic rings. The minimum atomic E-state index is 0. The first-order chi connectivity index (χ1) is 8.18. The number of nitrogens with one attached hydrogen (secondary N) is 2. The Morgan fingerprint density at radius 2 is 2.06 bits per heavy atom. The van der Waals surface area contributed by atoms with Gasteiger partial charge in [0.05, 0.1) is 5.56 Å². The van der Waals surface area contributed by atoms with Gasteiger partial charge in [-0.15, -0.1) is 12.4 Å². The maximum Gasteiger partial charge on any atom is 0.252 e. The van der Waals surface area contributed by atoms with E-state index in [4.69, 9.17) is 0 Å². The standard InChI is InChI=1S/C13H17IN2O.ClH/c1-9-3-2-4-11(12(9)14)13(17)16-10-5-7-15-8-6-10;/h2-4,10,15H,5-8H2,1H3,(H,16,17);1H. The second-order valence-corrected chi connectivity index (χ2v) is 5.51. The largest absolute Gasteiger partial charge is 0.349 e. The lowest BCUT2D eigenvalue weighted by molar-refractivity contribution is 0.0928. The Morgan fingerprint density at radius 1 is 1.39 bits per heavy atom. The molecule has 0 bridgehead atoms. The Kier molecular flexibility index (Phi) is 6.38. The topological polar surface area (TPSA) is 41.1 Å².